The van der Waals surface area contributed by atoms with Crippen molar-refractivity contribution < 1.29 is 27.5 Å². The van der Waals surface area contributed by atoms with E-state index in [-0.39, 0.29) is 25.2 Å². The topological polar surface area (TPSA) is 111 Å². The van der Waals surface area contributed by atoms with Gasteiger partial charge in [-0.2, -0.15) is 0 Å². The van der Waals surface area contributed by atoms with E-state index < -0.39 is 27.6 Å². The van der Waals surface area contributed by atoms with Crippen molar-refractivity contribution in [2.75, 3.05) is 19.5 Å². The first-order valence-electron chi connectivity index (χ1n) is 7.87. The van der Waals surface area contributed by atoms with Crippen LogP contribution in [0.15, 0.2) is 0 Å². The fourth-order valence-corrected chi connectivity index (χ4v) is 2.31. The maximum Gasteiger partial charge on any atom is 0.323 e. The number of amides is 1. The summed E-state index contributed by atoms with van der Waals surface area (Å²) in [6.07, 6.45) is 1.91. The number of rotatable bonds is 10. The van der Waals surface area contributed by atoms with E-state index in [1.807, 2.05) is 18.6 Å². The van der Waals surface area contributed by atoms with Crippen LogP contribution in [0.25, 0.3) is 0 Å². The van der Waals surface area contributed by atoms with E-state index in [9.17, 15) is 18.0 Å². The van der Waals surface area contributed by atoms with Gasteiger partial charge in [-0.15, -0.1) is 0 Å². The highest BCUT2D eigenvalue weighted by atomic mass is 32.2. The second-order valence-corrected chi connectivity index (χ2v) is 8.65. The molecule has 0 aromatic carbocycles. The fraction of sp³-hybridized carbons (Fsp3) is 0.867. The van der Waals surface area contributed by atoms with Crippen LogP contribution in [0.3, 0.4) is 0 Å². The highest BCUT2D eigenvalue weighted by Crippen LogP contribution is 2.11. The molecular formula is C15H30N2O6S. The van der Waals surface area contributed by atoms with E-state index in [4.69, 9.17) is 9.47 Å². The molecule has 0 spiro atoms. The van der Waals surface area contributed by atoms with Crippen molar-refractivity contribution in [3.63, 3.8) is 0 Å². The molecule has 0 rings (SSSR count). The van der Waals surface area contributed by atoms with Crippen LogP contribution in [-0.2, 0) is 29.1 Å². The number of ether oxygens (including phenoxy) is 2. The molecular weight excluding hydrogens is 336 g/mol. The highest BCUT2D eigenvalue weighted by molar-refractivity contribution is 7.89. The van der Waals surface area contributed by atoms with Crippen LogP contribution in [0.5, 0.6) is 0 Å². The Balaban J connectivity index is 4.24. The summed E-state index contributed by atoms with van der Waals surface area (Å²) >= 11 is 0. The van der Waals surface area contributed by atoms with Gasteiger partial charge in [0.25, 0.3) is 5.91 Å². The van der Waals surface area contributed by atoms with Gasteiger partial charge in [0.05, 0.1) is 6.26 Å². The first-order valence-corrected chi connectivity index (χ1v) is 9.76. The van der Waals surface area contributed by atoms with Gasteiger partial charge in [0.15, 0.2) is 0 Å². The molecule has 0 radical (unpaired) electrons. The van der Waals surface area contributed by atoms with Gasteiger partial charge in [0, 0.05) is 12.6 Å². The molecule has 0 heterocycles. The van der Waals surface area contributed by atoms with Crippen LogP contribution in [-0.4, -0.2) is 57.4 Å². The zero-order chi connectivity index (χ0) is 19.0. The van der Waals surface area contributed by atoms with Crippen LogP contribution >= 0.6 is 0 Å². The number of carbonyl (C=O) groups is 2. The molecule has 0 saturated heterocycles. The molecule has 0 saturated carbocycles. The van der Waals surface area contributed by atoms with Crippen LogP contribution in [0.4, 0.5) is 0 Å². The third-order valence-electron chi connectivity index (χ3n) is 2.54. The van der Waals surface area contributed by atoms with Gasteiger partial charge in [0.2, 0.25) is 10.0 Å². The lowest BCUT2D eigenvalue weighted by Gasteiger charge is -2.25. The van der Waals surface area contributed by atoms with Crippen LogP contribution in [0.1, 0.15) is 47.5 Å². The number of esters is 1. The van der Waals surface area contributed by atoms with Gasteiger partial charge in [-0.1, -0.05) is 13.8 Å². The number of nitrogens with one attached hydrogen (secondary N) is 2. The van der Waals surface area contributed by atoms with E-state index in [0.29, 0.717) is 12.8 Å². The van der Waals surface area contributed by atoms with Crippen molar-refractivity contribution in [3.8, 4) is 0 Å². The molecule has 0 aliphatic carbocycles. The van der Waals surface area contributed by atoms with Crippen molar-refractivity contribution in [2.45, 2.75) is 65.1 Å². The molecule has 1 unspecified atom stereocenters. The Morgan fingerprint density at radius 1 is 1.17 bits per heavy atom. The predicted molar refractivity (Wildman–Crippen MR) is 90.9 cm³/mol. The highest BCUT2D eigenvalue weighted by Gasteiger charge is 2.25. The molecule has 9 heteroatoms. The molecule has 0 aromatic rings. The van der Waals surface area contributed by atoms with Crippen LogP contribution < -0.4 is 10.0 Å². The van der Waals surface area contributed by atoms with Gasteiger partial charge in [-0.05, 0) is 33.6 Å². The van der Waals surface area contributed by atoms with Crippen molar-refractivity contribution in [3.05, 3.63) is 0 Å². The van der Waals surface area contributed by atoms with Crippen molar-refractivity contribution in [1.29, 1.82) is 0 Å². The monoisotopic (exact) mass is 366 g/mol. The molecule has 0 fully saturated rings. The molecule has 24 heavy (non-hydrogen) atoms. The molecule has 0 aliphatic heterocycles. The second kappa shape index (κ2) is 9.95. The Morgan fingerprint density at radius 2 is 1.75 bits per heavy atom. The van der Waals surface area contributed by atoms with Crippen molar-refractivity contribution in [1.82, 2.24) is 10.0 Å². The van der Waals surface area contributed by atoms with E-state index in [1.54, 1.807) is 20.8 Å². The zero-order valence-corrected chi connectivity index (χ0v) is 16.2. The third kappa shape index (κ3) is 13.3. The van der Waals surface area contributed by atoms with E-state index >= 15 is 0 Å². The van der Waals surface area contributed by atoms with Crippen LogP contribution in [0, 0.1) is 0 Å². The SMILES string of the molecule is CC(C)NC(CCCOCC(=O)NS(C)(=O)=O)C(=O)OC(C)(C)C. The van der Waals surface area contributed by atoms with Gasteiger partial charge >= 0.3 is 5.97 Å². The summed E-state index contributed by atoms with van der Waals surface area (Å²) in [5.74, 6) is -1.05. The average Bonchev–Trinajstić information content (AvgIpc) is 2.32. The van der Waals surface area contributed by atoms with Gasteiger partial charge < -0.3 is 14.8 Å². The normalized spacial score (nSPS) is 13.6. The summed E-state index contributed by atoms with van der Waals surface area (Å²) in [4.78, 5) is 23.4. The molecule has 0 aliphatic rings. The minimum atomic E-state index is -3.57. The molecule has 2 N–H and O–H groups in total. The standard InChI is InChI=1S/C15H30N2O6S/c1-11(2)16-12(14(19)23-15(3,4)5)8-7-9-22-10-13(18)17-24(6,20)21/h11-12,16H,7-10H2,1-6H3,(H,17,18). The minimum Gasteiger partial charge on any atom is -0.459 e. The van der Waals surface area contributed by atoms with Crippen molar-refractivity contribution in [2.24, 2.45) is 0 Å². The summed E-state index contributed by atoms with van der Waals surface area (Å²) < 4.78 is 34.0. The van der Waals surface area contributed by atoms with Gasteiger partial charge in [-0.25, -0.2) is 8.42 Å². The lowest BCUT2D eigenvalue weighted by molar-refractivity contribution is -0.158. The molecule has 142 valence electrons. The number of hydrogen-bond donors (Lipinski definition) is 2. The number of sulfonamides is 1. The first-order chi connectivity index (χ1) is 10.8. The third-order valence-corrected chi connectivity index (χ3v) is 3.14. The fourth-order valence-electron chi connectivity index (χ4n) is 1.84. The maximum atomic E-state index is 12.2. The molecule has 1 atom stereocenters. The Morgan fingerprint density at radius 3 is 2.21 bits per heavy atom. The summed E-state index contributed by atoms with van der Waals surface area (Å²) in [6.45, 7) is 9.17. The Kier molecular flexibility index (Phi) is 9.46. The lowest BCUT2D eigenvalue weighted by atomic mass is 10.1. The Hall–Kier alpha value is -1.19. The second-order valence-electron chi connectivity index (χ2n) is 6.90. The maximum absolute atomic E-state index is 12.2. The number of hydrogen-bond acceptors (Lipinski definition) is 7. The Labute approximate surface area is 144 Å². The number of carbonyl (C=O) groups excluding carboxylic acids is 2. The van der Waals surface area contributed by atoms with E-state index in [1.165, 1.54) is 0 Å². The predicted octanol–water partition coefficient (Wildman–Crippen LogP) is 0.567. The summed E-state index contributed by atoms with van der Waals surface area (Å²) in [7, 11) is -3.57. The van der Waals surface area contributed by atoms with Gasteiger partial charge in [-0.3, -0.25) is 14.3 Å². The molecule has 1 amide bonds. The molecule has 0 aromatic heterocycles. The minimum absolute atomic E-state index is 0.115. The quantitative estimate of drug-likeness (QED) is 0.429. The summed E-state index contributed by atoms with van der Waals surface area (Å²) in [6, 6.07) is -0.346. The largest absolute Gasteiger partial charge is 0.459 e. The Bertz CT molecular complexity index is 511. The van der Waals surface area contributed by atoms with Crippen LogP contribution in [0.2, 0.25) is 0 Å². The van der Waals surface area contributed by atoms with E-state index in [2.05, 4.69) is 5.32 Å². The van der Waals surface area contributed by atoms with Crippen molar-refractivity contribution >= 4 is 21.9 Å². The zero-order valence-electron chi connectivity index (χ0n) is 15.3. The van der Waals surface area contributed by atoms with Gasteiger partial charge in [0.1, 0.15) is 18.2 Å². The lowest BCUT2D eigenvalue weighted by Crippen LogP contribution is -2.44. The summed E-state index contributed by atoms with van der Waals surface area (Å²) in [5, 5.41) is 3.14. The first kappa shape index (κ1) is 22.8. The molecule has 8 nitrogen and oxygen atoms in total. The smallest absolute Gasteiger partial charge is 0.323 e. The van der Waals surface area contributed by atoms with E-state index in [0.717, 1.165) is 6.26 Å². The molecule has 0 bridgehead atoms. The summed E-state index contributed by atoms with van der Waals surface area (Å²) in [5.41, 5.74) is -0.561. The average molecular weight is 366 g/mol.